The molecule has 0 bridgehead atoms. The average molecular weight is 405 g/mol. The summed E-state index contributed by atoms with van der Waals surface area (Å²) in [5.41, 5.74) is 3.51. The molecule has 1 fully saturated rings. The smallest absolute Gasteiger partial charge is 0.191 e. The van der Waals surface area contributed by atoms with Crippen molar-refractivity contribution in [3.8, 4) is 0 Å². The third-order valence-corrected chi connectivity index (χ3v) is 5.83. The van der Waals surface area contributed by atoms with Crippen LogP contribution in [0, 0.1) is 0 Å². The zero-order valence-electron chi connectivity index (χ0n) is 18.0. The number of nitrogens with one attached hydrogen (secondary N) is 2. The molecule has 0 amide bonds. The summed E-state index contributed by atoms with van der Waals surface area (Å²) in [7, 11) is 2.05. The van der Waals surface area contributed by atoms with E-state index in [4.69, 9.17) is 9.98 Å². The molecule has 6 heteroatoms. The van der Waals surface area contributed by atoms with Gasteiger partial charge >= 0.3 is 0 Å². The van der Waals surface area contributed by atoms with E-state index < -0.39 is 0 Å². The molecule has 0 radical (unpaired) electrons. The van der Waals surface area contributed by atoms with E-state index in [0.29, 0.717) is 12.6 Å². The molecule has 1 aromatic heterocycles. The van der Waals surface area contributed by atoms with Crippen molar-refractivity contribution >= 4 is 17.0 Å². The molecule has 1 saturated heterocycles. The third kappa shape index (κ3) is 4.65. The predicted molar refractivity (Wildman–Crippen MR) is 124 cm³/mol. The molecule has 158 valence electrons. The Labute approximate surface area is 179 Å². The van der Waals surface area contributed by atoms with Gasteiger partial charge in [0.1, 0.15) is 12.4 Å². The average Bonchev–Trinajstić information content (AvgIpc) is 3.42. The second kappa shape index (κ2) is 9.76. The second-order valence-electron chi connectivity index (χ2n) is 7.82. The van der Waals surface area contributed by atoms with Crippen molar-refractivity contribution in [2.24, 2.45) is 12.0 Å². The summed E-state index contributed by atoms with van der Waals surface area (Å²) in [4.78, 5) is 12.1. The van der Waals surface area contributed by atoms with Gasteiger partial charge in [0.25, 0.3) is 0 Å². The van der Waals surface area contributed by atoms with Crippen molar-refractivity contribution in [1.82, 2.24) is 25.1 Å². The number of aliphatic imine (C=N–C) groups is 1. The highest BCUT2D eigenvalue weighted by molar-refractivity contribution is 5.80. The van der Waals surface area contributed by atoms with E-state index in [2.05, 4.69) is 70.5 Å². The first-order chi connectivity index (χ1) is 14.8. The molecule has 1 unspecified atom stereocenters. The van der Waals surface area contributed by atoms with Gasteiger partial charge < -0.3 is 15.2 Å². The Morgan fingerprint density at radius 2 is 1.77 bits per heavy atom. The summed E-state index contributed by atoms with van der Waals surface area (Å²) < 4.78 is 2.12. The van der Waals surface area contributed by atoms with Crippen LogP contribution in [-0.4, -0.2) is 46.6 Å². The fourth-order valence-electron chi connectivity index (χ4n) is 4.21. The van der Waals surface area contributed by atoms with Crippen LogP contribution in [0.4, 0.5) is 0 Å². The fraction of sp³-hybridized carbons (Fsp3) is 0.417. The van der Waals surface area contributed by atoms with E-state index in [1.807, 2.05) is 18.2 Å². The van der Waals surface area contributed by atoms with Crippen molar-refractivity contribution in [3.05, 3.63) is 66.0 Å². The van der Waals surface area contributed by atoms with Crippen LogP contribution in [0.2, 0.25) is 0 Å². The van der Waals surface area contributed by atoms with Gasteiger partial charge in [-0.3, -0.25) is 4.90 Å². The highest BCUT2D eigenvalue weighted by Gasteiger charge is 2.23. The van der Waals surface area contributed by atoms with Crippen LogP contribution in [0.5, 0.6) is 0 Å². The van der Waals surface area contributed by atoms with Gasteiger partial charge in [-0.2, -0.15) is 0 Å². The molecule has 0 aliphatic carbocycles. The molecule has 3 aromatic rings. The number of para-hydroxylation sites is 2. The zero-order valence-corrected chi connectivity index (χ0v) is 18.0. The van der Waals surface area contributed by atoms with Gasteiger partial charge in [-0.05, 0) is 50.6 Å². The summed E-state index contributed by atoms with van der Waals surface area (Å²) in [6.45, 7) is 6.62. The number of fused-ring (bicyclic) bond motifs is 1. The summed E-state index contributed by atoms with van der Waals surface area (Å²) in [5.74, 6) is 1.80. The van der Waals surface area contributed by atoms with Crippen molar-refractivity contribution in [1.29, 1.82) is 0 Å². The number of benzene rings is 2. The minimum Gasteiger partial charge on any atom is -0.357 e. The van der Waals surface area contributed by atoms with Crippen LogP contribution < -0.4 is 10.6 Å². The van der Waals surface area contributed by atoms with E-state index in [0.717, 1.165) is 49.0 Å². The quantitative estimate of drug-likeness (QED) is 0.468. The molecule has 4 rings (SSSR count). The van der Waals surface area contributed by atoms with Crippen molar-refractivity contribution in [2.75, 3.05) is 26.2 Å². The Morgan fingerprint density at radius 3 is 2.50 bits per heavy atom. The van der Waals surface area contributed by atoms with E-state index in [1.54, 1.807) is 0 Å². The van der Waals surface area contributed by atoms with Crippen LogP contribution >= 0.6 is 0 Å². The number of aromatic nitrogens is 2. The Kier molecular flexibility index (Phi) is 6.64. The first-order valence-electron chi connectivity index (χ1n) is 11.0. The molecule has 0 saturated carbocycles. The van der Waals surface area contributed by atoms with Gasteiger partial charge in [0.05, 0.1) is 17.1 Å². The zero-order chi connectivity index (χ0) is 20.8. The molecule has 2 aromatic carbocycles. The Morgan fingerprint density at radius 1 is 1.03 bits per heavy atom. The lowest BCUT2D eigenvalue weighted by atomic mass is 10.1. The van der Waals surface area contributed by atoms with Gasteiger partial charge in [0.2, 0.25) is 0 Å². The van der Waals surface area contributed by atoms with E-state index in [9.17, 15) is 0 Å². The predicted octanol–water partition coefficient (Wildman–Crippen LogP) is 3.47. The molecular formula is C24H32N6. The van der Waals surface area contributed by atoms with Crippen molar-refractivity contribution in [3.63, 3.8) is 0 Å². The Hall–Kier alpha value is -2.86. The standard InChI is InChI=1S/C24H32N6/c1-3-25-24(27-18-23-28-20-13-7-8-14-21(20)29(23)2)26-17-22(30-15-9-10-16-30)19-11-5-4-6-12-19/h4-8,11-14,22H,3,9-10,15-18H2,1-2H3,(H2,25,26,27). The van der Waals surface area contributed by atoms with Crippen LogP contribution in [0.3, 0.4) is 0 Å². The van der Waals surface area contributed by atoms with Crippen LogP contribution in [0.15, 0.2) is 59.6 Å². The van der Waals surface area contributed by atoms with Gasteiger partial charge in [0.15, 0.2) is 5.96 Å². The van der Waals surface area contributed by atoms with Crippen LogP contribution in [-0.2, 0) is 13.6 Å². The number of hydrogen-bond donors (Lipinski definition) is 2. The minimum absolute atomic E-state index is 0.355. The maximum atomic E-state index is 4.82. The number of guanidine groups is 1. The van der Waals surface area contributed by atoms with Crippen LogP contribution in [0.25, 0.3) is 11.0 Å². The largest absolute Gasteiger partial charge is 0.357 e. The van der Waals surface area contributed by atoms with Gasteiger partial charge in [-0.1, -0.05) is 42.5 Å². The van der Waals surface area contributed by atoms with Gasteiger partial charge in [0, 0.05) is 20.1 Å². The number of imidazole rings is 1. The van der Waals surface area contributed by atoms with Gasteiger partial charge in [-0.15, -0.1) is 0 Å². The fourth-order valence-corrected chi connectivity index (χ4v) is 4.21. The van der Waals surface area contributed by atoms with Crippen molar-refractivity contribution in [2.45, 2.75) is 32.4 Å². The molecule has 0 spiro atoms. The minimum atomic E-state index is 0.355. The van der Waals surface area contributed by atoms with E-state index >= 15 is 0 Å². The lowest BCUT2D eigenvalue weighted by molar-refractivity contribution is 0.245. The molecule has 1 aliphatic rings. The second-order valence-corrected chi connectivity index (χ2v) is 7.82. The molecule has 2 N–H and O–H groups in total. The maximum Gasteiger partial charge on any atom is 0.191 e. The number of rotatable bonds is 7. The summed E-state index contributed by atoms with van der Waals surface area (Å²) in [6.07, 6.45) is 2.56. The highest BCUT2D eigenvalue weighted by Crippen LogP contribution is 2.24. The van der Waals surface area contributed by atoms with E-state index in [1.165, 1.54) is 18.4 Å². The lowest BCUT2D eigenvalue weighted by Crippen LogP contribution is -2.42. The molecule has 1 atom stereocenters. The first kappa shape index (κ1) is 20.4. The maximum absolute atomic E-state index is 4.82. The van der Waals surface area contributed by atoms with Crippen molar-refractivity contribution < 1.29 is 0 Å². The Balaban J connectivity index is 1.48. The lowest BCUT2D eigenvalue weighted by Gasteiger charge is -2.29. The number of likely N-dealkylation sites (tertiary alicyclic amines) is 1. The summed E-state index contributed by atoms with van der Waals surface area (Å²) in [6, 6.07) is 19.4. The molecule has 30 heavy (non-hydrogen) atoms. The van der Waals surface area contributed by atoms with Crippen LogP contribution in [0.1, 0.15) is 37.2 Å². The molecule has 2 heterocycles. The first-order valence-corrected chi connectivity index (χ1v) is 11.0. The van der Waals surface area contributed by atoms with Gasteiger partial charge in [-0.25, -0.2) is 9.98 Å². The number of nitrogens with zero attached hydrogens (tertiary/aromatic N) is 4. The molecule has 6 nitrogen and oxygen atoms in total. The molecular weight excluding hydrogens is 372 g/mol. The summed E-state index contributed by atoms with van der Waals surface area (Å²) >= 11 is 0. The van der Waals surface area contributed by atoms with E-state index in [-0.39, 0.29) is 0 Å². The monoisotopic (exact) mass is 404 g/mol. The summed E-state index contributed by atoms with van der Waals surface area (Å²) in [5, 5.41) is 6.97. The number of hydrogen-bond acceptors (Lipinski definition) is 3. The Bertz CT molecular complexity index is 972. The number of aryl methyl sites for hydroxylation is 1. The topological polar surface area (TPSA) is 57.5 Å². The highest BCUT2D eigenvalue weighted by atomic mass is 15.2. The third-order valence-electron chi connectivity index (χ3n) is 5.83. The normalized spacial score (nSPS) is 16.1. The SMILES string of the molecule is CCNC(=NCc1nc2ccccc2n1C)NCC(c1ccccc1)N1CCCC1. The molecule has 1 aliphatic heterocycles.